The van der Waals surface area contributed by atoms with Crippen molar-refractivity contribution >= 4 is 76.5 Å². The molecule has 0 bridgehead atoms. The monoisotopic (exact) mass is 956 g/mol. The molecule has 1 aliphatic heterocycles. The summed E-state index contributed by atoms with van der Waals surface area (Å²) in [6.45, 7) is 13.3. The van der Waals surface area contributed by atoms with Gasteiger partial charge in [0.15, 0.2) is 0 Å². The summed E-state index contributed by atoms with van der Waals surface area (Å²) in [7, 11) is 0. The molecule has 0 amide bonds. The summed E-state index contributed by atoms with van der Waals surface area (Å²) in [6, 6.07) is 59.1. The minimum Gasteiger partial charge on any atom is -0.509 e. The van der Waals surface area contributed by atoms with E-state index in [4.69, 9.17) is 9.72 Å². The van der Waals surface area contributed by atoms with Crippen molar-refractivity contribution in [2.75, 3.05) is 4.90 Å². The first-order valence-corrected chi connectivity index (χ1v) is 20.2. The second-order valence-electron chi connectivity index (χ2n) is 16.7. The quantitative estimate of drug-likeness (QED) is 0.165. The second kappa shape index (κ2) is 14.3. The Balaban J connectivity index is 0.00000433. The van der Waals surface area contributed by atoms with Gasteiger partial charge in [0, 0.05) is 50.0 Å². The van der Waals surface area contributed by atoms with Crippen LogP contribution in [0.4, 0.5) is 11.4 Å². The van der Waals surface area contributed by atoms with Crippen molar-refractivity contribution in [1.82, 2.24) is 14.1 Å². The van der Waals surface area contributed by atoms with E-state index in [0.717, 1.165) is 50.0 Å². The Morgan fingerprint density at radius 2 is 1.25 bits per heavy atom. The summed E-state index contributed by atoms with van der Waals surface area (Å²) in [5.41, 5.74) is 9.86. The van der Waals surface area contributed by atoms with E-state index in [0.29, 0.717) is 11.5 Å². The predicted molar refractivity (Wildman–Crippen MR) is 245 cm³/mol. The van der Waals surface area contributed by atoms with Gasteiger partial charge in [0.05, 0.1) is 0 Å². The molecular formula is C54H41N4OPt-3. The van der Waals surface area contributed by atoms with Crippen LogP contribution in [0.2, 0.25) is 0 Å². The summed E-state index contributed by atoms with van der Waals surface area (Å²) >= 11 is 0. The predicted octanol–water partition coefficient (Wildman–Crippen LogP) is 14.1. The second-order valence-corrected chi connectivity index (χ2v) is 16.7. The number of fused-ring (bicyclic) bond motifs is 10. The Morgan fingerprint density at radius 1 is 0.583 bits per heavy atom. The topological polar surface area (TPSA) is 35.2 Å². The van der Waals surface area contributed by atoms with E-state index in [1.54, 1.807) is 0 Å². The third-order valence-electron chi connectivity index (χ3n) is 11.8. The number of anilines is 2. The molecule has 0 spiro atoms. The Kier molecular flexibility index (Phi) is 9.00. The number of benzene rings is 7. The molecule has 60 heavy (non-hydrogen) atoms. The van der Waals surface area contributed by atoms with E-state index in [9.17, 15) is 0 Å². The van der Waals surface area contributed by atoms with E-state index < -0.39 is 0 Å². The molecule has 0 radical (unpaired) electrons. The third kappa shape index (κ3) is 6.02. The van der Waals surface area contributed by atoms with Gasteiger partial charge in [0.2, 0.25) is 0 Å². The molecule has 0 saturated heterocycles. The normalized spacial score (nSPS) is 12.4. The van der Waals surface area contributed by atoms with Gasteiger partial charge < -0.3 is 18.8 Å². The van der Waals surface area contributed by atoms with E-state index in [-0.39, 0.29) is 26.5 Å². The minimum absolute atomic E-state index is 0. The molecule has 296 valence electrons. The van der Waals surface area contributed by atoms with Crippen LogP contribution < -0.4 is 9.64 Å². The SMILES string of the molecule is Cc1ccc2c3ccccc3c3cccc4c3n(c3c(C)cccc3c2c1)[CH-]N4c1[c-]c(Oc2[c-]c3c(cc2)c2ccccc2n3-c2cc(C(C)(C)C)ccn2)ccc1.[Pt]. The average molecular weight is 957 g/mol. The van der Waals surface area contributed by atoms with Gasteiger partial charge in [-0.25, -0.2) is 4.98 Å². The van der Waals surface area contributed by atoms with E-state index >= 15 is 0 Å². The van der Waals surface area contributed by atoms with Crippen molar-refractivity contribution in [1.29, 1.82) is 0 Å². The van der Waals surface area contributed by atoms with Crippen LogP contribution in [0.5, 0.6) is 11.5 Å². The molecular weight excluding hydrogens is 916 g/mol. The van der Waals surface area contributed by atoms with Gasteiger partial charge in [0.1, 0.15) is 5.82 Å². The Hall–Kier alpha value is -6.55. The zero-order valence-electron chi connectivity index (χ0n) is 34.0. The summed E-state index contributed by atoms with van der Waals surface area (Å²) in [5, 5.41) is 9.49. The number of rotatable bonds is 4. The summed E-state index contributed by atoms with van der Waals surface area (Å²) < 4.78 is 11.2. The van der Waals surface area contributed by atoms with Gasteiger partial charge in [-0.1, -0.05) is 140 Å². The van der Waals surface area contributed by atoms with Crippen molar-refractivity contribution in [3.8, 4) is 17.3 Å². The first-order chi connectivity index (χ1) is 28.7. The zero-order valence-corrected chi connectivity index (χ0v) is 36.3. The number of aromatic nitrogens is 3. The van der Waals surface area contributed by atoms with Crippen LogP contribution >= 0.6 is 0 Å². The maximum absolute atomic E-state index is 6.66. The van der Waals surface area contributed by atoms with Crippen molar-refractivity contribution in [3.63, 3.8) is 0 Å². The summed E-state index contributed by atoms with van der Waals surface area (Å²) in [6.07, 6.45) is 1.90. The smallest absolute Gasteiger partial charge is 0.135 e. The van der Waals surface area contributed by atoms with Crippen LogP contribution in [0.3, 0.4) is 0 Å². The van der Waals surface area contributed by atoms with Crippen LogP contribution in [0.15, 0.2) is 152 Å². The molecule has 10 aromatic rings. The maximum Gasteiger partial charge on any atom is 0.135 e. The maximum atomic E-state index is 6.66. The van der Waals surface area contributed by atoms with Crippen molar-refractivity contribution < 1.29 is 25.8 Å². The van der Waals surface area contributed by atoms with Gasteiger partial charge in [-0.3, -0.25) is 0 Å². The third-order valence-corrected chi connectivity index (χ3v) is 11.8. The van der Waals surface area contributed by atoms with Crippen LogP contribution in [0, 0.1) is 32.6 Å². The van der Waals surface area contributed by atoms with E-state index in [2.05, 4.69) is 195 Å². The Bertz CT molecular complexity index is 3420. The number of nitrogens with zero attached hydrogens (tertiary/aromatic N) is 4. The average Bonchev–Trinajstić information content (AvgIpc) is 3.80. The van der Waals surface area contributed by atoms with Gasteiger partial charge in [0.25, 0.3) is 0 Å². The number of ether oxygens (including phenoxy) is 1. The number of aryl methyl sites for hydroxylation is 2. The molecule has 0 atom stereocenters. The van der Waals surface area contributed by atoms with Crippen molar-refractivity contribution in [3.05, 3.63) is 187 Å². The Morgan fingerprint density at radius 3 is 2.07 bits per heavy atom. The fraction of sp³-hybridized carbons (Fsp3) is 0.111. The molecule has 0 fully saturated rings. The van der Waals surface area contributed by atoms with Gasteiger partial charge >= 0.3 is 0 Å². The molecule has 1 aliphatic rings. The molecule has 6 heteroatoms. The molecule has 0 aliphatic carbocycles. The molecule has 3 aromatic heterocycles. The number of pyridine rings is 1. The van der Waals surface area contributed by atoms with Crippen molar-refractivity contribution in [2.24, 2.45) is 0 Å². The van der Waals surface area contributed by atoms with Crippen LogP contribution in [0.25, 0.3) is 71.0 Å². The number of hydrogen-bond acceptors (Lipinski definition) is 3. The molecule has 0 N–H and O–H groups in total. The largest absolute Gasteiger partial charge is 0.509 e. The van der Waals surface area contributed by atoms with E-state index in [1.165, 1.54) is 49.0 Å². The van der Waals surface area contributed by atoms with E-state index in [1.807, 2.05) is 24.4 Å². The first kappa shape index (κ1) is 37.7. The fourth-order valence-electron chi connectivity index (χ4n) is 8.99. The van der Waals surface area contributed by atoms with Crippen LogP contribution in [-0.2, 0) is 26.5 Å². The standard InChI is InChI=1S/C54H41N4O.Pt/c1-34-23-25-42-40-16-6-7-17-41(40)45-20-12-22-49-53(45)57(52-35(2)13-10-19-46(52)47(42)29-34)33-56(49)37-14-11-15-38(31-37)59-39-24-26-44-43-18-8-9-21-48(43)58(50(44)32-39)51-30-36(27-28-55-51)54(3,4)5;/h6-30,33H,1-5H3;/q-3;. The zero-order chi connectivity index (χ0) is 40.0. The fourth-order valence-corrected chi connectivity index (χ4v) is 8.99. The van der Waals surface area contributed by atoms with Crippen LogP contribution in [0.1, 0.15) is 37.5 Å². The molecule has 11 rings (SSSR count). The minimum atomic E-state index is -0.0199. The molecule has 5 nitrogen and oxygen atoms in total. The van der Waals surface area contributed by atoms with Gasteiger partial charge in [-0.05, 0) is 99.0 Å². The first-order valence-electron chi connectivity index (χ1n) is 20.2. The summed E-state index contributed by atoms with van der Waals surface area (Å²) in [4.78, 5) is 7.09. The van der Waals surface area contributed by atoms with Gasteiger partial charge in [-0.15, -0.1) is 35.7 Å². The molecule has 0 unspecified atom stereocenters. The Labute approximate surface area is 364 Å². The number of hydrogen-bond donors (Lipinski definition) is 0. The van der Waals surface area contributed by atoms with Crippen molar-refractivity contribution in [2.45, 2.75) is 40.0 Å². The number of para-hydroxylation sites is 3. The van der Waals surface area contributed by atoms with Crippen LogP contribution in [-0.4, -0.2) is 14.1 Å². The summed E-state index contributed by atoms with van der Waals surface area (Å²) in [5.74, 6) is 2.06. The molecule has 0 saturated carbocycles. The molecule has 7 aromatic carbocycles. The van der Waals surface area contributed by atoms with Gasteiger partial charge in [-0.2, -0.15) is 12.1 Å². The molecule has 4 heterocycles.